The van der Waals surface area contributed by atoms with E-state index in [1.54, 1.807) is 24.1 Å². The van der Waals surface area contributed by atoms with E-state index < -0.39 is 0 Å². The molecule has 0 saturated heterocycles. The van der Waals surface area contributed by atoms with Gasteiger partial charge in [-0.25, -0.2) is 4.68 Å². The van der Waals surface area contributed by atoms with Gasteiger partial charge in [-0.1, -0.05) is 18.2 Å². The fourth-order valence-corrected chi connectivity index (χ4v) is 2.88. The maximum absolute atomic E-state index is 12.8. The van der Waals surface area contributed by atoms with Crippen LogP contribution < -0.4 is 10.1 Å². The van der Waals surface area contributed by atoms with Gasteiger partial charge in [0.2, 0.25) is 0 Å². The third kappa shape index (κ3) is 3.13. The van der Waals surface area contributed by atoms with E-state index in [0.29, 0.717) is 5.69 Å². The van der Waals surface area contributed by atoms with Crippen LogP contribution in [0, 0.1) is 20.8 Å². The van der Waals surface area contributed by atoms with Crippen LogP contribution in [0.15, 0.2) is 48.7 Å². The molecule has 3 aromatic rings. The minimum absolute atomic E-state index is 0.197. The first-order valence-corrected chi connectivity index (χ1v) is 8.08. The second-order valence-electron chi connectivity index (χ2n) is 5.94. The summed E-state index contributed by atoms with van der Waals surface area (Å²) >= 11 is 0. The van der Waals surface area contributed by atoms with Crippen LogP contribution in [0.2, 0.25) is 0 Å². The Bertz CT molecular complexity index is 914. The normalized spacial score (nSPS) is 10.6. The van der Waals surface area contributed by atoms with Crippen molar-refractivity contribution in [3.63, 3.8) is 0 Å². The van der Waals surface area contributed by atoms with Crippen molar-refractivity contribution in [1.82, 2.24) is 9.78 Å². The van der Waals surface area contributed by atoms with E-state index in [9.17, 15) is 4.79 Å². The molecule has 0 aliphatic carbocycles. The number of hydrogen-bond acceptors (Lipinski definition) is 3. The first kappa shape index (κ1) is 16.8. The van der Waals surface area contributed by atoms with Gasteiger partial charge < -0.3 is 10.1 Å². The number of carbonyl (C=O) groups excluding carboxylic acids is 1. The van der Waals surface area contributed by atoms with Crippen molar-refractivity contribution in [1.29, 1.82) is 0 Å². The van der Waals surface area contributed by atoms with Crippen LogP contribution in [0.25, 0.3) is 5.69 Å². The Hall–Kier alpha value is -3.08. The zero-order valence-electron chi connectivity index (χ0n) is 14.8. The van der Waals surface area contributed by atoms with Gasteiger partial charge in [-0.3, -0.25) is 4.79 Å². The minimum Gasteiger partial charge on any atom is -0.496 e. The summed E-state index contributed by atoms with van der Waals surface area (Å²) in [4.78, 5) is 12.8. The van der Waals surface area contributed by atoms with Crippen molar-refractivity contribution in [3.05, 3.63) is 71.0 Å². The number of para-hydroxylation sites is 1. The van der Waals surface area contributed by atoms with E-state index in [4.69, 9.17) is 4.74 Å². The van der Waals surface area contributed by atoms with Crippen molar-refractivity contribution in [2.45, 2.75) is 20.8 Å². The van der Waals surface area contributed by atoms with Gasteiger partial charge in [-0.15, -0.1) is 0 Å². The van der Waals surface area contributed by atoms with Crippen LogP contribution in [0.5, 0.6) is 5.75 Å². The van der Waals surface area contributed by atoms with E-state index in [1.807, 2.05) is 57.2 Å². The van der Waals surface area contributed by atoms with Gasteiger partial charge in [-0.05, 0) is 61.7 Å². The number of anilines is 1. The molecule has 1 amide bonds. The number of benzene rings is 2. The summed E-state index contributed by atoms with van der Waals surface area (Å²) in [6, 6.07) is 13.2. The molecule has 1 heterocycles. The zero-order chi connectivity index (χ0) is 18.0. The summed E-state index contributed by atoms with van der Waals surface area (Å²) < 4.78 is 7.02. The predicted molar refractivity (Wildman–Crippen MR) is 98.7 cm³/mol. The van der Waals surface area contributed by atoms with Crippen LogP contribution in [0.1, 0.15) is 27.2 Å². The molecule has 2 aromatic carbocycles. The molecule has 1 aromatic heterocycles. The number of nitrogens with zero attached hydrogens (tertiary/aromatic N) is 2. The molecule has 0 bridgehead atoms. The monoisotopic (exact) mass is 335 g/mol. The van der Waals surface area contributed by atoms with Crippen molar-refractivity contribution >= 4 is 11.6 Å². The second-order valence-corrected chi connectivity index (χ2v) is 5.94. The van der Waals surface area contributed by atoms with Crippen molar-refractivity contribution in [3.8, 4) is 11.4 Å². The maximum Gasteiger partial charge on any atom is 0.274 e. The quantitative estimate of drug-likeness (QED) is 0.782. The fraction of sp³-hybridized carbons (Fsp3) is 0.200. The lowest BCUT2D eigenvalue weighted by Gasteiger charge is -2.17. The molecule has 0 fully saturated rings. The Balaban J connectivity index is 1.95. The third-order valence-electron chi connectivity index (χ3n) is 4.38. The standard InChI is InChI=1S/C20H21N3O2/c1-13-12-18(25-4)14(2)15(3)19(13)22-20(24)17-10-11-21-23(17)16-8-6-5-7-9-16/h5-12H,1-4H3,(H,22,24). The van der Waals surface area contributed by atoms with E-state index in [-0.39, 0.29) is 5.91 Å². The predicted octanol–water partition coefficient (Wildman–Crippen LogP) is 4.06. The molecule has 25 heavy (non-hydrogen) atoms. The Kier molecular flexibility index (Phi) is 4.57. The number of hydrogen-bond donors (Lipinski definition) is 1. The number of carbonyl (C=O) groups is 1. The third-order valence-corrected chi connectivity index (χ3v) is 4.38. The molecule has 0 spiro atoms. The molecule has 1 N–H and O–H groups in total. The Labute approximate surface area is 147 Å². The number of methoxy groups -OCH3 is 1. The molecule has 0 unspecified atom stereocenters. The summed E-state index contributed by atoms with van der Waals surface area (Å²) in [5.74, 6) is 0.624. The van der Waals surface area contributed by atoms with Crippen LogP contribution in [-0.4, -0.2) is 22.8 Å². The van der Waals surface area contributed by atoms with Crippen molar-refractivity contribution < 1.29 is 9.53 Å². The highest BCUT2D eigenvalue weighted by molar-refractivity contribution is 6.04. The largest absolute Gasteiger partial charge is 0.496 e. The fourth-order valence-electron chi connectivity index (χ4n) is 2.88. The topological polar surface area (TPSA) is 56.1 Å². The molecule has 0 atom stereocenters. The Morgan fingerprint density at radius 3 is 2.48 bits per heavy atom. The molecule has 128 valence electrons. The summed E-state index contributed by atoms with van der Waals surface area (Å²) in [6.45, 7) is 5.92. The SMILES string of the molecule is COc1cc(C)c(NC(=O)c2ccnn2-c2ccccc2)c(C)c1C. The van der Waals surface area contributed by atoms with Gasteiger partial charge >= 0.3 is 0 Å². The van der Waals surface area contributed by atoms with Gasteiger partial charge in [0.25, 0.3) is 5.91 Å². The molecule has 5 heteroatoms. The van der Waals surface area contributed by atoms with E-state index in [2.05, 4.69) is 10.4 Å². The average Bonchev–Trinajstić information content (AvgIpc) is 3.12. The highest BCUT2D eigenvalue weighted by Gasteiger charge is 2.17. The maximum atomic E-state index is 12.8. The van der Waals surface area contributed by atoms with Gasteiger partial charge in [0, 0.05) is 5.69 Å². The first-order chi connectivity index (χ1) is 12.0. The molecule has 3 rings (SSSR count). The first-order valence-electron chi connectivity index (χ1n) is 8.08. The smallest absolute Gasteiger partial charge is 0.274 e. The van der Waals surface area contributed by atoms with Crippen molar-refractivity contribution in [2.75, 3.05) is 12.4 Å². The second kappa shape index (κ2) is 6.81. The number of amides is 1. The van der Waals surface area contributed by atoms with E-state index in [0.717, 1.165) is 33.8 Å². The van der Waals surface area contributed by atoms with Crippen LogP contribution in [0.4, 0.5) is 5.69 Å². The molecule has 0 saturated carbocycles. The zero-order valence-corrected chi connectivity index (χ0v) is 14.8. The Morgan fingerprint density at radius 1 is 1.08 bits per heavy atom. The van der Waals surface area contributed by atoms with E-state index >= 15 is 0 Å². The lowest BCUT2D eigenvalue weighted by Crippen LogP contribution is -2.18. The lowest BCUT2D eigenvalue weighted by molar-refractivity contribution is 0.101. The number of nitrogens with one attached hydrogen (secondary N) is 1. The molecule has 0 aliphatic rings. The number of aryl methyl sites for hydroxylation is 1. The highest BCUT2D eigenvalue weighted by atomic mass is 16.5. The number of rotatable bonds is 4. The van der Waals surface area contributed by atoms with Gasteiger partial charge in [0.1, 0.15) is 11.4 Å². The van der Waals surface area contributed by atoms with Crippen LogP contribution in [-0.2, 0) is 0 Å². The molecular weight excluding hydrogens is 314 g/mol. The number of ether oxygens (including phenoxy) is 1. The van der Waals surface area contributed by atoms with E-state index in [1.165, 1.54) is 0 Å². The van der Waals surface area contributed by atoms with Crippen molar-refractivity contribution in [2.24, 2.45) is 0 Å². The number of aromatic nitrogens is 2. The lowest BCUT2D eigenvalue weighted by atomic mass is 10.0. The van der Waals surface area contributed by atoms with Gasteiger partial charge in [0.15, 0.2) is 0 Å². The average molecular weight is 335 g/mol. The Morgan fingerprint density at radius 2 is 1.80 bits per heavy atom. The molecule has 5 nitrogen and oxygen atoms in total. The highest BCUT2D eigenvalue weighted by Crippen LogP contribution is 2.31. The van der Waals surface area contributed by atoms with Crippen LogP contribution >= 0.6 is 0 Å². The molecular formula is C20H21N3O2. The summed E-state index contributed by atoms with van der Waals surface area (Å²) in [5.41, 5.74) is 5.11. The summed E-state index contributed by atoms with van der Waals surface area (Å²) in [5, 5.41) is 7.30. The van der Waals surface area contributed by atoms with Gasteiger partial charge in [0.05, 0.1) is 19.0 Å². The summed E-state index contributed by atoms with van der Waals surface area (Å²) in [7, 11) is 1.65. The molecule has 0 aliphatic heterocycles. The summed E-state index contributed by atoms with van der Waals surface area (Å²) in [6.07, 6.45) is 1.63. The van der Waals surface area contributed by atoms with Gasteiger partial charge in [-0.2, -0.15) is 5.10 Å². The van der Waals surface area contributed by atoms with Crippen LogP contribution in [0.3, 0.4) is 0 Å². The molecule has 0 radical (unpaired) electrons. The minimum atomic E-state index is -0.197.